The van der Waals surface area contributed by atoms with E-state index in [2.05, 4.69) is 5.32 Å². The van der Waals surface area contributed by atoms with Crippen molar-refractivity contribution in [3.05, 3.63) is 38.9 Å². The van der Waals surface area contributed by atoms with E-state index in [0.29, 0.717) is 23.0 Å². The molecule has 1 aromatic rings. The van der Waals surface area contributed by atoms with Gasteiger partial charge in [0.25, 0.3) is 5.69 Å². The summed E-state index contributed by atoms with van der Waals surface area (Å²) in [6, 6.07) is 4.40. The van der Waals surface area contributed by atoms with Crippen LogP contribution < -0.4 is 5.32 Å². The molecule has 0 saturated heterocycles. The second-order valence-electron chi connectivity index (χ2n) is 4.28. The van der Waals surface area contributed by atoms with Crippen LogP contribution in [0.4, 0.5) is 5.69 Å². The maximum atomic E-state index is 10.6. The second kappa shape index (κ2) is 7.31. The quantitative estimate of drug-likeness (QED) is 0.590. The summed E-state index contributed by atoms with van der Waals surface area (Å²) in [7, 11) is 0. The van der Waals surface area contributed by atoms with Crippen LogP contribution in [0.2, 0.25) is 5.02 Å². The third-order valence-electron chi connectivity index (χ3n) is 2.67. The minimum atomic E-state index is -0.436. The minimum Gasteiger partial charge on any atom is -0.396 e. The average Bonchev–Trinajstić information content (AvgIpc) is 2.31. The molecule has 0 aliphatic carbocycles. The first kappa shape index (κ1) is 14.9. The number of nitrogens with zero attached hydrogens (tertiary/aromatic N) is 1. The Balaban J connectivity index is 2.56. The minimum absolute atomic E-state index is 0.0413. The molecule has 0 fully saturated rings. The van der Waals surface area contributed by atoms with Gasteiger partial charge < -0.3 is 10.4 Å². The van der Waals surface area contributed by atoms with Crippen molar-refractivity contribution in [2.45, 2.75) is 19.9 Å². The van der Waals surface area contributed by atoms with Crippen LogP contribution in [-0.4, -0.2) is 23.2 Å². The summed E-state index contributed by atoms with van der Waals surface area (Å²) in [5, 5.41) is 23.1. The zero-order chi connectivity index (χ0) is 13.5. The topological polar surface area (TPSA) is 75.4 Å². The summed E-state index contributed by atoms with van der Waals surface area (Å²) in [5.74, 6) is 0.354. The molecule has 0 bridgehead atoms. The molecule has 1 rings (SSSR count). The van der Waals surface area contributed by atoms with Crippen molar-refractivity contribution in [2.75, 3.05) is 13.2 Å². The molecule has 2 N–H and O–H groups in total. The van der Waals surface area contributed by atoms with E-state index in [9.17, 15) is 10.1 Å². The molecule has 18 heavy (non-hydrogen) atoms. The molecule has 5 nitrogen and oxygen atoms in total. The number of nitro benzene ring substituents is 1. The van der Waals surface area contributed by atoms with Gasteiger partial charge in [0.05, 0.1) is 4.92 Å². The zero-order valence-corrected chi connectivity index (χ0v) is 11.0. The molecule has 1 atom stereocenters. The van der Waals surface area contributed by atoms with Crippen LogP contribution in [0.15, 0.2) is 18.2 Å². The van der Waals surface area contributed by atoms with Gasteiger partial charge in [0.1, 0.15) is 0 Å². The summed E-state index contributed by atoms with van der Waals surface area (Å²) >= 11 is 5.97. The number of non-ortho nitro benzene ring substituents is 1. The van der Waals surface area contributed by atoms with Gasteiger partial charge in [-0.3, -0.25) is 10.1 Å². The van der Waals surface area contributed by atoms with Crippen molar-refractivity contribution < 1.29 is 10.0 Å². The van der Waals surface area contributed by atoms with Crippen molar-refractivity contribution in [3.63, 3.8) is 0 Å². The van der Waals surface area contributed by atoms with E-state index in [1.165, 1.54) is 18.2 Å². The third kappa shape index (κ3) is 4.60. The van der Waals surface area contributed by atoms with Gasteiger partial charge in [-0.25, -0.2) is 0 Å². The van der Waals surface area contributed by atoms with Gasteiger partial charge in [-0.15, -0.1) is 0 Å². The maximum Gasteiger partial charge on any atom is 0.269 e. The van der Waals surface area contributed by atoms with Crippen molar-refractivity contribution in [1.29, 1.82) is 0 Å². The number of benzene rings is 1. The summed E-state index contributed by atoms with van der Waals surface area (Å²) < 4.78 is 0. The number of hydrogen-bond acceptors (Lipinski definition) is 4. The molecule has 0 aliphatic heterocycles. The van der Waals surface area contributed by atoms with Gasteiger partial charge in [-0.2, -0.15) is 0 Å². The number of aliphatic hydroxyl groups excluding tert-OH is 1. The Morgan fingerprint density at radius 3 is 2.89 bits per heavy atom. The Labute approximate surface area is 111 Å². The smallest absolute Gasteiger partial charge is 0.269 e. The highest BCUT2D eigenvalue weighted by molar-refractivity contribution is 6.31. The van der Waals surface area contributed by atoms with Crippen LogP contribution >= 0.6 is 11.6 Å². The fourth-order valence-electron chi connectivity index (χ4n) is 1.59. The van der Waals surface area contributed by atoms with Crippen LogP contribution in [-0.2, 0) is 6.54 Å². The molecule has 100 valence electrons. The molecular weight excluding hydrogens is 256 g/mol. The van der Waals surface area contributed by atoms with Crippen LogP contribution in [0.1, 0.15) is 18.9 Å². The first-order valence-electron chi connectivity index (χ1n) is 5.79. The van der Waals surface area contributed by atoms with Gasteiger partial charge in [0.2, 0.25) is 0 Å². The van der Waals surface area contributed by atoms with E-state index in [1.54, 1.807) is 0 Å². The van der Waals surface area contributed by atoms with Gasteiger partial charge in [0, 0.05) is 30.3 Å². The van der Waals surface area contributed by atoms with Crippen molar-refractivity contribution in [3.8, 4) is 0 Å². The van der Waals surface area contributed by atoms with E-state index in [4.69, 9.17) is 16.7 Å². The van der Waals surface area contributed by atoms with Crippen molar-refractivity contribution in [2.24, 2.45) is 5.92 Å². The lowest BCUT2D eigenvalue weighted by atomic mass is 10.1. The summed E-state index contributed by atoms with van der Waals surface area (Å²) in [6.45, 7) is 3.41. The standard InChI is InChI=1S/C12H17ClN2O3/c1-9(4-5-16)7-14-8-10-6-11(15(17)18)2-3-12(10)13/h2-3,6,9,14,16H,4-5,7-8H2,1H3. The number of halogens is 1. The second-order valence-corrected chi connectivity index (χ2v) is 4.69. The molecule has 1 aromatic carbocycles. The maximum absolute atomic E-state index is 10.6. The summed E-state index contributed by atoms with van der Waals surface area (Å²) in [5.41, 5.74) is 0.752. The zero-order valence-electron chi connectivity index (χ0n) is 10.2. The Kier molecular flexibility index (Phi) is 6.04. The van der Waals surface area contributed by atoms with E-state index in [-0.39, 0.29) is 12.3 Å². The van der Waals surface area contributed by atoms with Crippen molar-refractivity contribution >= 4 is 17.3 Å². The molecule has 0 spiro atoms. The highest BCUT2D eigenvalue weighted by Crippen LogP contribution is 2.21. The molecular formula is C12H17ClN2O3. The largest absolute Gasteiger partial charge is 0.396 e. The lowest BCUT2D eigenvalue weighted by Crippen LogP contribution is -2.21. The van der Waals surface area contributed by atoms with Gasteiger partial charge in [-0.05, 0) is 30.5 Å². The van der Waals surface area contributed by atoms with Crippen LogP contribution in [0.25, 0.3) is 0 Å². The Morgan fingerprint density at radius 1 is 1.56 bits per heavy atom. The van der Waals surface area contributed by atoms with Crippen molar-refractivity contribution in [1.82, 2.24) is 5.32 Å². The Morgan fingerprint density at radius 2 is 2.28 bits per heavy atom. The number of nitrogens with one attached hydrogen (secondary N) is 1. The predicted molar refractivity (Wildman–Crippen MR) is 70.7 cm³/mol. The third-order valence-corrected chi connectivity index (χ3v) is 3.04. The monoisotopic (exact) mass is 272 g/mol. The lowest BCUT2D eigenvalue weighted by Gasteiger charge is -2.11. The van der Waals surface area contributed by atoms with E-state index in [0.717, 1.165) is 13.0 Å². The first-order chi connectivity index (χ1) is 8.54. The highest BCUT2D eigenvalue weighted by atomic mass is 35.5. The number of rotatable bonds is 7. The Bertz CT molecular complexity index is 412. The molecule has 0 aromatic heterocycles. The first-order valence-corrected chi connectivity index (χ1v) is 6.16. The molecule has 0 radical (unpaired) electrons. The van der Waals surface area contributed by atoms with Gasteiger partial charge in [0.15, 0.2) is 0 Å². The molecule has 0 aliphatic rings. The fraction of sp³-hybridized carbons (Fsp3) is 0.500. The molecule has 0 saturated carbocycles. The predicted octanol–water partition coefficient (Wildman–Crippen LogP) is 2.36. The average molecular weight is 273 g/mol. The van der Waals surface area contributed by atoms with E-state index in [1.807, 2.05) is 6.92 Å². The molecule has 0 amide bonds. The highest BCUT2D eigenvalue weighted by Gasteiger charge is 2.09. The molecule has 6 heteroatoms. The fourth-order valence-corrected chi connectivity index (χ4v) is 1.77. The van der Waals surface area contributed by atoms with E-state index >= 15 is 0 Å². The Hall–Kier alpha value is -1.17. The number of hydrogen-bond donors (Lipinski definition) is 2. The lowest BCUT2D eigenvalue weighted by molar-refractivity contribution is -0.384. The van der Waals surface area contributed by atoms with E-state index < -0.39 is 4.92 Å². The normalized spacial score (nSPS) is 12.4. The van der Waals surface area contributed by atoms with Crippen LogP contribution in [0.3, 0.4) is 0 Å². The van der Waals surface area contributed by atoms with Gasteiger partial charge in [-0.1, -0.05) is 18.5 Å². The summed E-state index contributed by atoms with van der Waals surface area (Å²) in [6.07, 6.45) is 0.732. The molecule has 0 heterocycles. The molecule has 1 unspecified atom stereocenters. The van der Waals surface area contributed by atoms with Crippen LogP contribution in [0.5, 0.6) is 0 Å². The van der Waals surface area contributed by atoms with Gasteiger partial charge >= 0.3 is 0 Å². The SMILES string of the molecule is CC(CCO)CNCc1cc([N+](=O)[O-])ccc1Cl. The van der Waals surface area contributed by atoms with Crippen LogP contribution in [0, 0.1) is 16.0 Å². The number of aliphatic hydroxyl groups is 1. The summed E-state index contributed by atoms with van der Waals surface area (Å²) in [4.78, 5) is 10.2. The number of nitro groups is 1.